The average molecular weight is 335 g/mol. The molecule has 0 amide bonds. The van der Waals surface area contributed by atoms with E-state index in [-0.39, 0.29) is 11.4 Å². The van der Waals surface area contributed by atoms with Gasteiger partial charge in [-0.05, 0) is 69.2 Å². The van der Waals surface area contributed by atoms with Gasteiger partial charge in [-0.2, -0.15) is 0 Å². The Hall–Kier alpha value is -0.970. The summed E-state index contributed by atoms with van der Waals surface area (Å²) in [6.45, 7) is 3.65. The van der Waals surface area contributed by atoms with E-state index in [1.54, 1.807) is 12.1 Å². The highest BCUT2D eigenvalue weighted by atomic mass is 19.1. The van der Waals surface area contributed by atoms with Crippen molar-refractivity contribution >= 4 is 0 Å². The van der Waals surface area contributed by atoms with Crippen LogP contribution < -0.4 is 5.32 Å². The van der Waals surface area contributed by atoms with Crippen molar-refractivity contribution < 1.29 is 13.9 Å². The third-order valence-electron chi connectivity index (χ3n) is 5.39. The number of aryl methyl sites for hydroxylation is 1. The first-order valence-electron chi connectivity index (χ1n) is 9.45. The van der Waals surface area contributed by atoms with E-state index < -0.39 is 0 Å². The van der Waals surface area contributed by atoms with Gasteiger partial charge in [0.05, 0.1) is 5.60 Å². The van der Waals surface area contributed by atoms with Gasteiger partial charge in [0.25, 0.3) is 0 Å². The van der Waals surface area contributed by atoms with Crippen LogP contribution in [-0.2, 0) is 15.9 Å². The minimum absolute atomic E-state index is 0.0801. The van der Waals surface area contributed by atoms with Gasteiger partial charge in [-0.25, -0.2) is 4.39 Å². The fraction of sp³-hybridized carbons (Fsp3) is 0.700. The van der Waals surface area contributed by atoms with Gasteiger partial charge < -0.3 is 14.8 Å². The van der Waals surface area contributed by atoms with Gasteiger partial charge in [0.15, 0.2) is 0 Å². The Bertz CT molecular complexity index is 479. The molecule has 1 aromatic rings. The van der Waals surface area contributed by atoms with Crippen molar-refractivity contribution in [3.05, 3.63) is 35.6 Å². The van der Waals surface area contributed by atoms with Crippen molar-refractivity contribution in [2.45, 2.75) is 63.0 Å². The lowest BCUT2D eigenvalue weighted by atomic mass is 9.84. The molecular formula is C20H30FNO2. The fourth-order valence-electron chi connectivity index (χ4n) is 3.88. The monoisotopic (exact) mass is 335 g/mol. The standard InChI is InChI=1S/C20H30FNO2/c21-18-7-5-17(6-8-18)4-2-1-3-12-22-19-9-13-24-20(16-19)10-14-23-15-11-20/h5-8,19,22H,1-4,9-16H2. The number of rotatable bonds is 7. The molecule has 1 aromatic carbocycles. The van der Waals surface area contributed by atoms with Gasteiger partial charge in [0, 0.05) is 25.9 Å². The molecule has 0 saturated carbocycles. The smallest absolute Gasteiger partial charge is 0.123 e. The Labute approximate surface area is 144 Å². The maximum Gasteiger partial charge on any atom is 0.123 e. The van der Waals surface area contributed by atoms with Gasteiger partial charge in [0.1, 0.15) is 5.82 Å². The number of halogens is 1. The molecule has 2 aliphatic rings. The molecule has 134 valence electrons. The molecule has 2 aliphatic heterocycles. The number of ether oxygens (including phenoxy) is 2. The summed E-state index contributed by atoms with van der Waals surface area (Å²) >= 11 is 0. The third kappa shape index (κ3) is 5.27. The number of hydrogen-bond donors (Lipinski definition) is 1. The average Bonchev–Trinajstić information content (AvgIpc) is 2.60. The van der Waals surface area contributed by atoms with Crippen molar-refractivity contribution in [3.63, 3.8) is 0 Å². The van der Waals surface area contributed by atoms with E-state index in [1.165, 1.54) is 24.8 Å². The predicted molar refractivity (Wildman–Crippen MR) is 93.7 cm³/mol. The van der Waals surface area contributed by atoms with Crippen molar-refractivity contribution in [2.24, 2.45) is 0 Å². The van der Waals surface area contributed by atoms with Crippen LogP contribution in [0.5, 0.6) is 0 Å². The number of hydrogen-bond acceptors (Lipinski definition) is 3. The molecule has 1 N–H and O–H groups in total. The molecule has 0 aliphatic carbocycles. The molecule has 2 fully saturated rings. The lowest BCUT2D eigenvalue weighted by Gasteiger charge is -2.43. The van der Waals surface area contributed by atoms with Crippen LogP contribution >= 0.6 is 0 Å². The van der Waals surface area contributed by atoms with Crippen LogP contribution in [0.25, 0.3) is 0 Å². The summed E-state index contributed by atoms with van der Waals surface area (Å²) in [6.07, 6.45) is 8.97. The lowest BCUT2D eigenvalue weighted by Crippen LogP contribution is -2.50. The summed E-state index contributed by atoms with van der Waals surface area (Å²) in [7, 11) is 0. The maximum atomic E-state index is 12.9. The summed E-state index contributed by atoms with van der Waals surface area (Å²) in [5.74, 6) is -0.151. The molecule has 1 atom stereocenters. The zero-order valence-corrected chi connectivity index (χ0v) is 14.6. The van der Waals surface area contributed by atoms with Gasteiger partial charge in [0.2, 0.25) is 0 Å². The first-order chi connectivity index (χ1) is 11.8. The quantitative estimate of drug-likeness (QED) is 0.768. The van der Waals surface area contributed by atoms with Crippen molar-refractivity contribution in [1.82, 2.24) is 5.32 Å². The summed E-state index contributed by atoms with van der Waals surface area (Å²) < 4.78 is 24.4. The maximum absolute atomic E-state index is 12.9. The lowest BCUT2D eigenvalue weighted by molar-refractivity contribution is -0.140. The second-order valence-electron chi connectivity index (χ2n) is 7.22. The summed E-state index contributed by atoms with van der Waals surface area (Å²) in [4.78, 5) is 0. The van der Waals surface area contributed by atoms with E-state index in [0.29, 0.717) is 6.04 Å². The molecule has 1 spiro atoms. The molecule has 4 heteroatoms. The molecule has 2 saturated heterocycles. The zero-order chi connectivity index (χ0) is 16.7. The van der Waals surface area contributed by atoms with E-state index in [0.717, 1.165) is 58.5 Å². The molecule has 0 bridgehead atoms. The highest BCUT2D eigenvalue weighted by Crippen LogP contribution is 2.34. The van der Waals surface area contributed by atoms with Crippen LogP contribution in [0, 0.1) is 5.82 Å². The topological polar surface area (TPSA) is 30.5 Å². The number of unbranched alkanes of at least 4 members (excludes halogenated alkanes) is 2. The van der Waals surface area contributed by atoms with Crippen LogP contribution in [0.1, 0.15) is 50.5 Å². The molecular weight excluding hydrogens is 305 g/mol. The molecule has 0 aromatic heterocycles. The SMILES string of the molecule is Fc1ccc(CCCCCNC2CCOC3(CCOCC3)C2)cc1. The Kier molecular flexibility index (Phi) is 6.64. The van der Waals surface area contributed by atoms with E-state index in [2.05, 4.69) is 5.32 Å². The van der Waals surface area contributed by atoms with Gasteiger partial charge in [-0.15, -0.1) is 0 Å². The second-order valence-corrected chi connectivity index (χ2v) is 7.22. The summed E-state index contributed by atoms with van der Waals surface area (Å²) in [6, 6.07) is 7.47. The van der Waals surface area contributed by atoms with Gasteiger partial charge in [-0.1, -0.05) is 18.6 Å². The largest absolute Gasteiger partial charge is 0.381 e. The van der Waals surface area contributed by atoms with Crippen LogP contribution in [0.2, 0.25) is 0 Å². The Morgan fingerprint density at radius 1 is 1.04 bits per heavy atom. The normalized spacial score (nSPS) is 23.5. The molecule has 24 heavy (non-hydrogen) atoms. The van der Waals surface area contributed by atoms with E-state index >= 15 is 0 Å². The molecule has 2 heterocycles. The van der Waals surface area contributed by atoms with Gasteiger partial charge in [-0.3, -0.25) is 0 Å². The molecule has 3 rings (SSSR count). The van der Waals surface area contributed by atoms with Crippen LogP contribution in [0.4, 0.5) is 4.39 Å². The zero-order valence-electron chi connectivity index (χ0n) is 14.6. The number of nitrogens with one attached hydrogen (secondary N) is 1. The fourth-order valence-corrected chi connectivity index (χ4v) is 3.88. The minimum atomic E-state index is -0.151. The van der Waals surface area contributed by atoms with Crippen molar-refractivity contribution in [1.29, 1.82) is 0 Å². The van der Waals surface area contributed by atoms with Crippen LogP contribution in [0.15, 0.2) is 24.3 Å². The molecule has 3 nitrogen and oxygen atoms in total. The first-order valence-corrected chi connectivity index (χ1v) is 9.45. The highest BCUT2D eigenvalue weighted by Gasteiger charge is 2.38. The predicted octanol–water partition coefficient (Wildman–Crippen LogP) is 3.86. The van der Waals surface area contributed by atoms with Gasteiger partial charge >= 0.3 is 0 Å². The Balaban J connectivity index is 1.28. The Morgan fingerprint density at radius 2 is 1.83 bits per heavy atom. The Morgan fingerprint density at radius 3 is 2.62 bits per heavy atom. The van der Waals surface area contributed by atoms with Crippen LogP contribution in [-0.4, -0.2) is 38.0 Å². The van der Waals surface area contributed by atoms with Crippen LogP contribution in [0.3, 0.4) is 0 Å². The van der Waals surface area contributed by atoms with E-state index in [9.17, 15) is 4.39 Å². The molecule has 0 radical (unpaired) electrons. The summed E-state index contributed by atoms with van der Waals surface area (Å²) in [5.41, 5.74) is 1.31. The van der Waals surface area contributed by atoms with Crippen molar-refractivity contribution in [2.75, 3.05) is 26.4 Å². The minimum Gasteiger partial charge on any atom is -0.381 e. The summed E-state index contributed by atoms with van der Waals surface area (Å²) in [5, 5.41) is 3.73. The first kappa shape index (κ1) is 17.8. The van der Waals surface area contributed by atoms with Crippen molar-refractivity contribution in [3.8, 4) is 0 Å². The second kappa shape index (κ2) is 8.93. The number of benzene rings is 1. The molecule has 1 unspecified atom stereocenters. The van der Waals surface area contributed by atoms with E-state index in [4.69, 9.17) is 9.47 Å². The van der Waals surface area contributed by atoms with E-state index in [1.807, 2.05) is 12.1 Å². The highest BCUT2D eigenvalue weighted by molar-refractivity contribution is 5.15. The third-order valence-corrected chi connectivity index (χ3v) is 5.39.